The summed E-state index contributed by atoms with van der Waals surface area (Å²) in [6, 6.07) is 23.9. The van der Waals surface area contributed by atoms with Crippen LogP contribution < -0.4 is 10.1 Å². The van der Waals surface area contributed by atoms with Gasteiger partial charge >= 0.3 is 0 Å². The van der Waals surface area contributed by atoms with Crippen molar-refractivity contribution < 1.29 is 14.3 Å². The minimum Gasteiger partial charge on any atom is -0.494 e. The highest BCUT2D eigenvalue weighted by Gasteiger charge is 2.14. The summed E-state index contributed by atoms with van der Waals surface area (Å²) < 4.78 is 5.75. The monoisotopic (exact) mass is 430 g/mol. The number of ether oxygens (including phenoxy) is 1. The summed E-state index contributed by atoms with van der Waals surface area (Å²) in [7, 11) is 1.77. The van der Waals surface area contributed by atoms with Crippen molar-refractivity contribution in [2.75, 3.05) is 19.0 Å². The van der Waals surface area contributed by atoms with Crippen LogP contribution >= 0.6 is 0 Å². The Kier molecular flexibility index (Phi) is 8.03. The van der Waals surface area contributed by atoms with Crippen LogP contribution in [0.3, 0.4) is 0 Å². The molecule has 3 rings (SSSR count). The third-order valence-electron chi connectivity index (χ3n) is 5.04. The highest BCUT2D eigenvalue weighted by atomic mass is 16.5. The largest absolute Gasteiger partial charge is 0.494 e. The summed E-state index contributed by atoms with van der Waals surface area (Å²) >= 11 is 0. The molecule has 0 bridgehead atoms. The third-order valence-corrected chi connectivity index (χ3v) is 5.04. The number of carbonyl (C=O) groups is 2. The van der Waals surface area contributed by atoms with Gasteiger partial charge in [-0.2, -0.15) is 0 Å². The Morgan fingerprint density at radius 3 is 2.38 bits per heavy atom. The molecule has 5 nitrogen and oxygen atoms in total. The molecule has 0 saturated heterocycles. The van der Waals surface area contributed by atoms with E-state index < -0.39 is 0 Å². The molecule has 166 valence electrons. The first-order valence-corrected chi connectivity index (χ1v) is 10.9. The van der Waals surface area contributed by atoms with Crippen molar-refractivity contribution >= 4 is 17.5 Å². The molecule has 3 aromatic rings. The van der Waals surface area contributed by atoms with Gasteiger partial charge in [0.2, 0.25) is 0 Å². The summed E-state index contributed by atoms with van der Waals surface area (Å²) in [6.45, 7) is 5.42. The molecule has 2 amide bonds. The fraction of sp³-hybridized carbons (Fsp3) is 0.259. The van der Waals surface area contributed by atoms with E-state index in [4.69, 9.17) is 4.74 Å². The molecule has 1 N–H and O–H groups in total. The average Bonchev–Trinajstić information content (AvgIpc) is 2.79. The Morgan fingerprint density at radius 1 is 0.906 bits per heavy atom. The van der Waals surface area contributed by atoms with Crippen molar-refractivity contribution in [3.63, 3.8) is 0 Å². The zero-order chi connectivity index (χ0) is 22.9. The fourth-order valence-electron chi connectivity index (χ4n) is 3.22. The van der Waals surface area contributed by atoms with Crippen molar-refractivity contribution in [1.82, 2.24) is 4.90 Å². The normalized spacial score (nSPS) is 10.6. The number of nitrogens with zero attached hydrogens (tertiary/aromatic N) is 1. The Morgan fingerprint density at radius 2 is 1.62 bits per heavy atom. The molecule has 0 aliphatic heterocycles. The molecular formula is C27H30N2O3. The third kappa shape index (κ3) is 6.71. The van der Waals surface area contributed by atoms with Crippen molar-refractivity contribution in [3.8, 4) is 5.75 Å². The highest BCUT2D eigenvalue weighted by molar-refractivity contribution is 6.05. The lowest BCUT2D eigenvalue weighted by Crippen LogP contribution is -2.26. The van der Waals surface area contributed by atoms with E-state index in [1.807, 2.05) is 36.4 Å². The molecule has 5 heteroatoms. The quantitative estimate of drug-likeness (QED) is 0.478. The minimum atomic E-state index is -0.249. The summed E-state index contributed by atoms with van der Waals surface area (Å²) in [6.07, 6.45) is 0.954. The smallest absolute Gasteiger partial charge is 0.255 e. The van der Waals surface area contributed by atoms with Crippen LogP contribution in [0.4, 0.5) is 5.69 Å². The Labute approximate surface area is 190 Å². The molecule has 32 heavy (non-hydrogen) atoms. The van der Waals surface area contributed by atoms with E-state index in [1.54, 1.807) is 54.4 Å². The molecule has 0 aromatic heterocycles. The summed E-state index contributed by atoms with van der Waals surface area (Å²) in [5.74, 6) is 0.875. The minimum absolute atomic E-state index is 0.106. The maximum atomic E-state index is 12.8. The molecule has 0 atom stereocenters. The lowest BCUT2D eigenvalue weighted by Gasteiger charge is -2.18. The van der Waals surface area contributed by atoms with Crippen molar-refractivity contribution in [2.24, 2.45) is 5.92 Å². The number of hydrogen-bond donors (Lipinski definition) is 1. The summed E-state index contributed by atoms with van der Waals surface area (Å²) in [5, 5.41) is 2.88. The number of benzene rings is 3. The average molecular weight is 431 g/mol. The van der Waals surface area contributed by atoms with Crippen LogP contribution in [0.25, 0.3) is 0 Å². The molecule has 0 saturated carbocycles. The zero-order valence-corrected chi connectivity index (χ0v) is 18.9. The number of amides is 2. The first-order chi connectivity index (χ1) is 15.4. The van der Waals surface area contributed by atoms with E-state index in [0.717, 1.165) is 12.0 Å². The second-order valence-corrected chi connectivity index (χ2v) is 8.24. The topological polar surface area (TPSA) is 58.6 Å². The molecule has 0 radical (unpaired) electrons. The number of rotatable bonds is 9. The van der Waals surface area contributed by atoms with Gasteiger partial charge in [0.15, 0.2) is 0 Å². The van der Waals surface area contributed by atoms with Crippen LogP contribution in [0, 0.1) is 5.92 Å². The molecule has 0 spiro atoms. The van der Waals surface area contributed by atoms with Crippen molar-refractivity contribution in [2.45, 2.75) is 26.8 Å². The SMILES string of the molecule is CC(C)CCOc1cccc(C(=O)Nc2cccc(C(=O)N(C)Cc3ccccc3)c2)c1. The number of hydrogen-bond acceptors (Lipinski definition) is 3. The fourth-order valence-corrected chi connectivity index (χ4v) is 3.22. The predicted molar refractivity (Wildman–Crippen MR) is 128 cm³/mol. The van der Waals surface area contributed by atoms with Gasteiger partial charge in [-0.3, -0.25) is 9.59 Å². The molecule has 0 fully saturated rings. The van der Waals surface area contributed by atoms with Gasteiger partial charge in [0.25, 0.3) is 11.8 Å². The maximum absolute atomic E-state index is 12.8. The molecular weight excluding hydrogens is 400 g/mol. The summed E-state index contributed by atoms with van der Waals surface area (Å²) in [5.41, 5.74) is 2.65. The van der Waals surface area contributed by atoms with Crippen LogP contribution in [0.5, 0.6) is 5.75 Å². The van der Waals surface area contributed by atoms with Crippen LogP contribution in [-0.4, -0.2) is 30.4 Å². The van der Waals surface area contributed by atoms with E-state index in [-0.39, 0.29) is 11.8 Å². The standard InChI is InChI=1S/C27H30N2O3/c1-20(2)15-16-32-25-14-8-11-22(18-25)26(30)28-24-13-7-12-23(17-24)27(31)29(3)19-21-9-5-4-6-10-21/h4-14,17-18,20H,15-16,19H2,1-3H3,(H,28,30). The number of nitrogens with one attached hydrogen (secondary N) is 1. The second kappa shape index (κ2) is 11.1. The van der Waals surface area contributed by atoms with Crippen LogP contribution in [0.2, 0.25) is 0 Å². The highest BCUT2D eigenvalue weighted by Crippen LogP contribution is 2.18. The van der Waals surface area contributed by atoms with E-state index >= 15 is 0 Å². The molecule has 3 aromatic carbocycles. The van der Waals surface area contributed by atoms with Gasteiger partial charge in [0.05, 0.1) is 6.61 Å². The van der Waals surface area contributed by atoms with E-state index in [1.165, 1.54) is 0 Å². The predicted octanol–water partition coefficient (Wildman–Crippen LogP) is 5.64. The zero-order valence-electron chi connectivity index (χ0n) is 18.9. The van der Waals surface area contributed by atoms with Gasteiger partial charge in [-0.1, -0.05) is 56.3 Å². The second-order valence-electron chi connectivity index (χ2n) is 8.24. The number of anilines is 1. The summed E-state index contributed by atoms with van der Waals surface area (Å²) in [4.78, 5) is 27.3. The molecule has 0 unspecified atom stereocenters. The van der Waals surface area contributed by atoms with Crippen LogP contribution in [-0.2, 0) is 6.54 Å². The Hall–Kier alpha value is -3.60. The Bertz CT molecular complexity index is 1050. The van der Waals surface area contributed by atoms with E-state index in [0.29, 0.717) is 41.6 Å². The van der Waals surface area contributed by atoms with E-state index in [2.05, 4.69) is 19.2 Å². The molecule has 0 heterocycles. The van der Waals surface area contributed by atoms with Gasteiger partial charge in [-0.05, 0) is 54.3 Å². The van der Waals surface area contributed by atoms with Crippen molar-refractivity contribution in [1.29, 1.82) is 0 Å². The lowest BCUT2D eigenvalue weighted by molar-refractivity contribution is 0.0784. The van der Waals surface area contributed by atoms with Crippen molar-refractivity contribution in [3.05, 3.63) is 95.6 Å². The van der Waals surface area contributed by atoms with Gasteiger partial charge in [0.1, 0.15) is 5.75 Å². The molecule has 0 aliphatic carbocycles. The van der Waals surface area contributed by atoms with Gasteiger partial charge in [-0.25, -0.2) is 0 Å². The molecule has 0 aliphatic rings. The van der Waals surface area contributed by atoms with Crippen LogP contribution in [0.15, 0.2) is 78.9 Å². The van der Waals surface area contributed by atoms with Gasteiger partial charge < -0.3 is 15.0 Å². The first-order valence-electron chi connectivity index (χ1n) is 10.9. The van der Waals surface area contributed by atoms with Gasteiger partial charge in [-0.15, -0.1) is 0 Å². The lowest BCUT2D eigenvalue weighted by atomic mass is 10.1. The first kappa shape index (κ1) is 23.1. The van der Waals surface area contributed by atoms with E-state index in [9.17, 15) is 9.59 Å². The maximum Gasteiger partial charge on any atom is 0.255 e. The van der Waals surface area contributed by atoms with Gasteiger partial charge in [0, 0.05) is 30.4 Å². The number of carbonyl (C=O) groups excluding carboxylic acids is 2. The van der Waals surface area contributed by atoms with Crippen LogP contribution in [0.1, 0.15) is 46.5 Å². The Balaban J connectivity index is 1.64.